The van der Waals surface area contributed by atoms with Crippen molar-refractivity contribution in [2.24, 2.45) is 0 Å². The summed E-state index contributed by atoms with van der Waals surface area (Å²) in [6, 6.07) is 10.9. The minimum Gasteiger partial charge on any atom is -0.488 e. The summed E-state index contributed by atoms with van der Waals surface area (Å²) in [4.78, 5) is 12.3. The van der Waals surface area contributed by atoms with Crippen LogP contribution in [0.5, 0.6) is 5.75 Å². The van der Waals surface area contributed by atoms with Gasteiger partial charge in [-0.25, -0.2) is 0 Å². The molecule has 0 bridgehead atoms. The number of rotatable bonds is 4. The highest BCUT2D eigenvalue weighted by Gasteiger charge is 2.22. The molecule has 1 heterocycles. The van der Waals surface area contributed by atoms with E-state index >= 15 is 0 Å². The van der Waals surface area contributed by atoms with Crippen molar-refractivity contribution in [2.75, 3.05) is 0 Å². The van der Waals surface area contributed by atoms with Gasteiger partial charge in [-0.3, -0.25) is 4.79 Å². The standard InChI is InChI=1S/C17H10BrCl2NO2S2/c18-12-5-9(6-15-16(22)21-17(24)25-15)1-4-14(12)23-8-10-2-3-11(19)7-13(10)20/h1-7H,8H2,(H,21,22,24)/b15-6-. The van der Waals surface area contributed by atoms with Crippen molar-refractivity contribution in [1.82, 2.24) is 5.32 Å². The molecule has 1 N–H and O–H groups in total. The van der Waals surface area contributed by atoms with Gasteiger partial charge in [0.25, 0.3) is 5.91 Å². The van der Waals surface area contributed by atoms with Crippen molar-refractivity contribution >= 4 is 79.4 Å². The van der Waals surface area contributed by atoms with Crippen molar-refractivity contribution in [3.8, 4) is 5.75 Å². The number of hydrogen-bond acceptors (Lipinski definition) is 4. The topological polar surface area (TPSA) is 38.3 Å². The van der Waals surface area contributed by atoms with Gasteiger partial charge in [0.15, 0.2) is 0 Å². The Balaban J connectivity index is 1.73. The van der Waals surface area contributed by atoms with Gasteiger partial charge in [0.05, 0.1) is 9.38 Å². The Kier molecular flexibility index (Phi) is 6.07. The molecular formula is C17H10BrCl2NO2S2. The van der Waals surface area contributed by atoms with Gasteiger partial charge in [-0.05, 0) is 51.8 Å². The van der Waals surface area contributed by atoms with E-state index in [-0.39, 0.29) is 5.91 Å². The Morgan fingerprint density at radius 3 is 2.68 bits per heavy atom. The van der Waals surface area contributed by atoms with Crippen LogP contribution >= 0.6 is 63.1 Å². The Hall–Kier alpha value is -1.05. The molecule has 2 aromatic rings. The van der Waals surface area contributed by atoms with Crippen LogP contribution < -0.4 is 10.1 Å². The van der Waals surface area contributed by atoms with E-state index in [9.17, 15) is 4.79 Å². The van der Waals surface area contributed by atoms with Crippen molar-refractivity contribution in [3.05, 3.63) is 66.9 Å². The molecular weight excluding hydrogens is 465 g/mol. The minimum atomic E-state index is -0.177. The van der Waals surface area contributed by atoms with E-state index in [4.69, 9.17) is 40.2 Å². The summed E-state index contributed by atoms with van der Waals surface area (Å²) in [6.07, 6.45) is 1.78. The van der Waals surface area contributed by atoms with Crippen LogP contribution in [0.25, 0.3) is 6.08 Å². The highest BCUT2D eigenvalue weighted by atomic mass is 79.9. The van der Waals surface area contributed by atoms with Crippen molar-refractivity contribution in [1.29, 1.82) is 0 Å². The summed E-state index contributed by atoms with van der Waals surface area (Å²) >= 11 is 21.7. The number of ether oxygens (including phenoxy) is 1. The third-order valence-electron chi connectivity index (χ3n) is 3.29. The lowest BCUT2D eigenvalue weighted by molar-refractivity contribution is -0.115. The number of amides is 1. The van der Waals surface area contributed by atoms with Crippen LogP contribution in [0.15, 0.2) is 45.8 Å². The number of thioether (sulfide) groups is 1. The van der Waals surface area contributed by atoms with Crippen LogP contribution in [0.1, 0.15) is 11.1 Å². The van der Waals surface area contributed by atoms with Gasteiger partial charge in [0.2, 0.25) is 0 Å². The first-order valence-electron chi connectivity index (χ1n) is 7.03. The lowest BCUT2D eigenvalue weighted by Gasteiger charge is -2.10. The first-order valence-corrected chi connectivity index (χ1v) is 9.81. The summed E-state index contributed by atoms with van der Waals surface area (Å²) in [5.74, 6) is 0.496. The second-order valence-corrected chi connectivity index (χ2v) is 8.48. The van der Waals surface area contributed by atoms with Gasteiger partial charge in [-0.2, -0.15) is 0 Å². The summed E-state index contributed by atoms with van der Waals surface area (Å²) in [5, 5.41) is 3.73. The van der Waals surface area contributed by atoms with Crippen LogP contribution in [0.3, 0.4) is 0 Å². The number of hydrogen-bond donors (Lipinski definition) is 1. The molecule has 1 saturated heterocycles. The monoisotopic (exact) mass is 473 g/mol. The van der Waals surface area contributed by atoms with Gasteiger partial charge in [-0.1, -0.05) is 59.3 Å². The Morgan fingerprint density at radius 2 is 2.04 bits per heavy atom. The van der Waals surface area contributed by atoms with Gasteiger partial charge >= 0.3 is 0 Å². The zero-order chi connectivity index (χ0) is 18.0. The van der Waals surface area contributed by atoms with E-state index in [2.05, 4.69) is 21.2 Å². The minimum absolute atomic E-state index is 0.177. The molecule has 0 radical (unpaired) electrons. The van der Waals surface area contributed by atoms with Crippen LogP contribution in [-0.4, -0.2) is 10.2 Å². The van der Waals surface area contributed by atoms with E-state index in [1.807, 2.05) is 24.3 Å². The molecule has 8 heteroatoms. The fourth-order valence-electron chi connectivity index (χ4n) is 2.09. The van der Waals surface area contributed by atoms with Crippen molar-refractivity contribution in [2.45, 2.75) is 6.61 Å². The zero-order valence-corrected chi connectivity index (χ0v) is 17.2. The summed E-state index contributed by atoms with van der Waals surface area (Å²) < 4.78 is 7.05. The quantitative estimate of drug-likeness (QED) is 0.447. The van der Waals surface area contributed by atoms with E-state index in [1.54, 1.807) is 18.2 Å². The van der Waals surface area contributed by atoms with Crippen molar-refractivity contribution < 1.29 is 9.53 Å². The fraction of sp³-hybridized carbons (Fsp3) is 0.0588. The number of thiocarbonyl (C=S) groups is 1. The zero-order valence-electron chi connectivity index (χ0n) is 12.5. The first-order chi connectivity index (χ1) is 11.9. The normalized spacial score (nSPS) is 15.6. The maximum atomic E-state index is 11.7. The Morgan fingerprint density at radius 1 is 1.24 bits per heavy atom. The SMILES string of the molecule is O=C1NC(=S)S/C1=C\c1ccc(OCc2ccc(Cl)cc2Cl)c(Br)c1. The van der Waals surface area contributed by atoms with Gasteiger partial charge in [0.1, 0.15) is 16.7 Å². The maximum absolute atomic E-state index is 11.7. The molecule has 0 aliphatic carbocycles. The molecule has 0 saturated carbocycles. The molecule has 0 atom stereocenters. The van der Waals surface area contributed by atoms with E-state index < -0.39 is 0 Å². The van der Waals surface area contributed by atoms with E-state index in [0.29, 0.717) is 31.6 Å². The van der Waals surface area contributed by atoms with Crippen LogP contribution in [0, 0.1) is 0 Å². The largest absolute Gasteiger partial charge is 0.488 e. The maximum Gasteiger partial charge on any atom is 0.263 e. The molecule has 0 unspecified atom stereocenters. The van der Waals surface area contributed by atoms with Crippen LogP contribution in [-0.2, 0) is 11.4 Å². The summed E-state index contributed by atoms with van der Waals surface area (Å²) in [7, 11) is 0. The predicted molar refractivity (Wildman–Crippen MR) is 111 cm³/mol. The highest BCUT2D eigenvalue weighted by Crippen LogP contribution is 2.31. The molecule has 1 aliphatic rings. The lowest BCUT2D eigenvalue weighted by atomic mass is 10.2. The molecule has 3 rings (SSSR count). The van der Waals surface area contributed by atoms with Gasteiger partial charge in [-0.15, -0.1) is 0 Å². The molecule has 1 amide bonds. The van der Waals surface area contributed by atoms with Crippen LogP contribution in [0.4, 0.5) is 0 Å². The van der Waals surface area contributed by atoms with Crippen molar-refractivity contribution in [3.63, 3.8) is 0 Å². The Labute approximate surface area is 172 Å². The van der Waals surface area contributed by atoms with E-state index in [0.717, 1.165) is 15.6 Å². The smallest absolute Gasteiger partial charge is 0.263 e. The number of carbonyl (C=O) groups is 1. The molecule has 25 heavy (non-hydrogen) atoms. The summed E-state index contributed by atoms with van der Waals surface area (Å²) in [5.41, 5.74) is 1.71. The number of benzene rings is 2. The third kappa shape index (κ3) is 4.77. The predicted octanol–water partition coefficient (Wildman–Crippen LogP) is 5.82. The fourth-order valence-corrected chi connectivity index (χ4v) is 4.11. The van der Waals surface area contributed by atoms with Gasteiger partial charge in [0, 0.05) is 15.6 Å². The average Bonchev–Trinajstić information content (AvgIpc) is 2.85. The molecule has 0 spiro atoms. The molecule has 2 aromatic carbocycles. The summed E-state index contributed by atoms with van der Waals surface area (Å²) in [6.45, 7) is 0.321. The first kappa shape index (κ1) is 18.7. The average molecular weight is 475 g/mol. The second kappa shape index (κ2) is 8.10. The molecule has 3 nitrogen and oxygen atoms in total. The molecule has 0 aromatic heterocycles. The lowest BCUT2D eigenvalue weighted by Crippen LogP contribution is -2.17. The Bertz CT molecular complexity index is 902. The molecule has 128 valence electrons. The molecule has 1 aliphatic heterocycles. The van der Waals surface area contributed by atoms with Crippen LogP contribution in [0.2, 0.25) is 10.0 Å². The number of halogens is 3. The highest BCUT2D eigenvalue weighted by molar-refractivity contribution is 9.10. The third-order valence-corrected chi connectivity index (χ3v) is 5.66. The van der Waals surface area contributed by atoms with Gasteiger partial charge < -0.3 is 10.1 Å². The second-order valence-electron chi connectivity index (χ2n) is 5.07. The molecule has 1 fully saturated rings. The number of nitrogens with one attached hydrogen (secondary N) is 1. The van der Waals surface area contributed by atoms with E-state index in [1.165, 1.54) is 11.8 Å². The number of carbonyl (C=O) groups excluding carboxylic acids is 1.